The molecule has 1 aromatic carbocycles. The molecule has 1 atom stereocenters. The number of hydrogen-bond acceptors (Lipinski definition) is 5. The summed E-state index contributed by atoms with van der Waals surface area (Å²) >= 11 is 0. The molecule has 9 heteroatoms. The van der Waals surface area contributed by atoms with Crippen LogP contribution in [-0.4, -0.2) is 75.7 Å². The molecule has 2 amide bonds. The van der Waals surface area contributed by atoms with Gasteiger partial charge in [0.25, 0.3) is 0 Å². The van der Waals surface area contributed by atoms with Crippen LogP contribution in [0.4, 0.5) is 20.6 Å². The molecule has 1 N–H and O–H groups in total. The molecule has 29 heavy (non-hydrogen) atoms. The number of halogens is 1. The molecule has 158 valence electrons. The van der Waals surface area contributed by atoms with Gasteiger partial charge in [0.15, 0.2) is 0 Å². The highest BCUT2D eigenvalue weighted by Gasteiger charge is 2.33. The van der Waals surface area contributed by atoms with Gasteiger partial charge in [0.1, 0.15) is 11.9 Å². The summed E-state index contributed by atoms with van der Waals surface area (Å²) in [5.74, 6) is -0.554. The van der Waals surface area contributed by atoms with E-state index >= 15 is 0 Å². The SMILES string of the molecule is CC(=O)NC[C@H]1CN(c2ccc(N3CCC(/N=C/N(C)C)CC3)c(F)c2)C(=O)O1. The highest BCUT2D eigenvalue weighted by Crippen LogP contribution is 2.29. The first-order valence-corrected chi connectivity index (χ1v) is 9.80. The Balaban J connectivity index is 1.61. The Kier molecular flexibility index (Phi) is 6.56. The van der Waals surface area contributed by atoms with Gasteiger partial charge in [-0.15, -0.1) is 0 Å². The first-order chi connectivity index (χ1) is 13.8. The molecular formula is C20H28FN5O3. The summed E-state index contributed by atoms with van der Waals surface area (Å²) in [5.41, 5.74) is 0.984. The fourth-order valence-electron chi connectivity index (χ4n) is 3.50. The van der Waals surface area contributed by atoms with Gasteiger partial charge in [0.05, 0.1) is 36.8 Å². The molecule has 1 aromatic rings. The lowest BCUT2D eigenvalue weighted by Gasteiger charge is -2.32. The fraction of sp³-hybridized carbons (Fsp3) is 0.550. The maximum Gasteiger partial charge on any atom is 0.414 e. The van der Waals surface area contributed by atoms with E-state index in [1.807, 2.05) is 30.2 Å². The molecule has 2 fully saturated rings. The minimum Gasteiger partial charge on any atom is -0.442 e. The minimum atomic E-state index is -0.535. The summed E-state index contributed by atoms with van der Waals surface area (Å²) in [5, 5.41) is 2.63. The number of nitrogens with zero attached hydrogens (tertiary/aromatic N) is 4. The van der Waals surface area contributed by atoms with Gasteiger partial charge in [-0.3, -0.25) is 14.7 Å². The third-order valence-electron chi connectivity index (χ3n) is 5.01. The number of amides is 2. The fourth-order valence-corrected chi connectivity index (χ4v) is 3.50. The van der Waals surface area contributed by atoms with Gasteiger partial charge < -0.3 is 19.9 Å². The summed E-state index contributed by atoms with van der Waals surface area (Å²) < 4.78 is 20.0. The predicted molar refractivity (Wildman–Crippen MR) is 110 cm³/mol. The van der Waals surface area contributed by atoms with Crippen molar-refractivity contribution in [2.75, 3.05) is 50.1 Å². The smallest absolute Gasteiger partial charge is 0.414 e. The second-order valence-electron chi connectivity index (χ2n) is 7.64. The van der Waals surface area contributed by atoms with Crippen LogP contribution in [0.1, 0.15) is 19.8 Å². The van der Waals surface area contributed by atoms with Crippen LogP contribution in [0.5, 0.6) is 0 Å². The first kappa shape index (κ1) is 20.9. The second kappa shape index (κ2) is 9.11. The number of piperidine rings is 1. The van der Waals surface area contributed by atoms with Crippen molar-refractivity contribution >= 4 is 29.7 Å². The topological polar surface area (TPSA) is 77.5 Å². The zero-order valence-electron chi connectivity index (χ0n) is 17.1. The minimum absolute atomic E-state index is 0.189. The predicted octanol–water partition coefficient (Wildman–Crippen LogP) is 1.85. The number of carbonyl (C=O) groups is 2. The van der Waals surface area contributed by atoms with E-state index in [-0.39, 0.29) is 30.9 Å². The van der Waals surface area contributed by atoms with Crippen molar-refractivity contribution in [2.45, 2.75) is 31.9 Å². The molecule has 0 radical (unpaired) electrons. The Hall–Kier alpha value is -2.84. The van der Waals surface area contributed by atoms with Crippen molar-refractivity contribution in [1.29, 1.82) is 0 Å². The van der Waals surface area contributed by atoms with E-state index in [0.717, 1.165) is 25.9 Å². The van der Waals surface area contributed by atoms with Gasteiger partial charge in [0, 0.05) is 34.1 Å². The first-order valence-electron chi connectivity index (χ1n) is 9.80. The molecule has 0 spiro atoms. The number of cyclic esters (lactones) is 1. The molecule has 2 aliphatic rings. The lowest BCUT2D eigenvalue weighted by Crippen LogP contribution is -2.36. The van der Waals surface area contributed by atoms with Crippen LogP contribution in [0, 0.1) is 5.82 Å². The number of benzene rings is 1. The number of nitrogens with one attached hydrogen (secondary N) is 1. The number of carbonyl (C=O) groups excluding carboxylic acids is 2. The van der Waals surface area contributed by atoms with Crippen LogP contribution in [0.2, 0.25) is 0 Å². The van der Waals surface area contributed by atoms with E-state index in [2.05, 4.69) is 10.3 Å². The summed E-state index contributed by atoms with van der Waals surface area (Å²) in [4.78, 5) is 33.0. The zero-order valence-corrected chi connectivity index (χ0v) is 17.1. The quantitative estimate of drug-likeness (QED) is 0.577. The molecule has 0 bridgehead atoms. The van der Waals surface area contributed by atoms with Gasteiger partial charge in [-0.05, 0) is 31.0 Å². The summed E-state index contributed by atoms with van der Waals surface area (Å²) in [7, 11) is 3.88. The molecule has 3 rings (SSSR count). The molecule has 2 aliphatic heterocycles. The van der Waals surface area contributed by atoms with E-state index in [1.165, 1.54) is 17.9 Å². The van der Waals surface area contributed by atoms with Gasteiger partial charge in [-0.25, -0.2) is 9.18 Å². The number of hydrogen-bond donors (Lipinski definition) is 1. The number of anilines is 2. The zero-order chi connectivity index (χ0) is 21.0. The second-order valence-corrected chi connectivity index (χ2v) is 7.64. The Morgan fingerprint density at radius 1 is 1.38 bits per heavy atom. The van der Waals surface area contributed by atoms with Crippen molar-refractivity contribution < 1.29 is 18.7 Å². The molecule has 8 nitrogen and oxygen atoms in total. The molecule has 2 saturated heterocycles. The lowest BCUT2D eigenvalue weighted by molar-refractivity contribution is -0.119. The van der Waals surface area contributed by atoms with E-state index in [9.17, 15) is 14.0 Å². The van der Waals surface area contributed by atoms with Crippen molar-refractivity contribution in [3.8, 4) is 0 Å². The molecule has 2 heterocycles. The van der Waals surface area contributed by atoms with Crippen LogP contribution in [0.25, 0.3) is 0 Å². The molecule has 0 unspecified atom stereocenters. The molecule has 0 aromatic heterocycles. The lowest BCUT2D eigenvalue weighted by atomic mass is 10.0. The number of rotatable bonds is 6. The highest BCUT2D eigenvalue weighted by molar-refractivity contribution is 5.90. The Labute approximate surface area is 170 Å². The maximum absolute atomic E-state index is 14.8. The van der Waals surface area contributed by atoms with Crippen molar-refractivity contribution in [3.63, 3.8) is 0 Å². The Morgan fingerprint density at radius 2 is 2.10 bits per heavy atom. The third-order valence-corrected chi connectivity index (χ3v) is 5.01. The van der Waals surface area contributed by atoms with Gasteiger partial charge in [-0.2, -0.15) is 0 Å². The number of aliphatic imine (C=N–C) groups is 1. The number of ether oxygens (including phenoxy) is 1. The van der Waals surface area contributed by atoms with Gasteiger partial charge in [-0.1, -0.05) is 0 Å². The van der Waals surface area contributed by atoms with Crippen LogP contribution in [0.3, 0.4) is 0 Å². The summed E-state index contributed by atoms with van der Waals surface area (Å²) in [6.45, 7) is 3.38. The van der Waals surface area contributed by atoms with E-state index < -0.39 is 12.2 Å². The van der Waals surface area contributed by atoms with Crippen molar-refractivity contribution in [3.05, 3.63) is 24.0 Å². The van der Waals surface area contributed by atoms with Crippen LogP contribution in [-0.2, 0) is 9.53 Å². The molecule has 0 aliphatic carbocycles. The van der Waals surface area contributed by atoms with Gasteiger partial charge >= 0.3 is 6.09 Å². The maximum atomic E-state index is 14.8. The average molecular weight is 405 g/mol. The van der Waals surface area contributed by atoms with Crippen LogP contribution >= 0.6 is 0 Å². The van der Waals surface area contributed by atoms with E-state index in [1.54, 1.807) is 12.1 Å². The average Bonchev–Trinajstić information content (AvgIpc) is 3.06. The van der Waals surface area contributed by atoms with Crippen molar-refractivity contribution in [2.24, 2.45) is 4.99 Å². The standard InChI is InChI=1S/C20H28FN5O3/c1-14(27)22-11-17-12-26(20(28)29-17)16-4-5-19(18(21)10-16)25-8-6-15(7-9-25)23-13-24(2)3/h4-5,10,13,15,17H,6-9,11-12H2,1-3H3,(H,22,27)/b23-13+/t17-/m0/s1. The summed E-state index contributed by atoms with van der Waals surface area (Å²) in [6, 6.07) is 5.07. The van der Waals surface area contributed by atoms with Crippen LogP contribution in [0.15, 0.2) is 23.2 Å². The van der Waals surface area contributed by atoms with E-state index in [4.69, 9.17) is 4.74 Å². The third kappa shape index (κ3) is 5.36. The Morgan fingerprint density at radius 3 is 2.72 bits per heavy atom. The monoisotopic (exact) mass is 405 g/mol. The summed E-state index contributed by atoms with van der Waals surface area (Å²) in [6.07, 6.45) is 2.58. The highest BCUT2D eigenvalue weighted by atomic mass is 19.1. The molecule has 0 saturated carbocycles. The van der Waals surface area contributed by atoms with E-state index in [0.29, 0.717) is 11.4 Å². The largest absolute Gasteiger partial charge is 0.442 e. The Bertz CT molecular complexity index is 777. The normalized spacial score (nSPS) is 20.3. The van der Waals surface area contributed by atoms with Crippen molar-refractivity contribution in [1.82, 2.24) is 10.2 Å². The molecular weight excluding hydrogens is 377 g/mol. The van der Waals surface area contributed by atoms with Gasteiger partial charge in [0.2, 0.25) is 5.91 Å². The van der Waals surface area contributed by atoms with Crippen LogP contribution < -0.4 is 15.1 Å².